The molecule has 0 saturated carbocycles. The predicted octanol–water partition coefficient (Wildman–Crippen LogP) is 6.74. The lowest BCUT2D eigenvalue weighted by atomic mass is 10.1. The smallest absolute Gasteiger partial charge is 0.254 e. The summed E-state index contributed by atoms with van der Waals surface area (Å²) in [6, 6.07) is 11.4. The average Bonchev–Trinajstić information content (AvgIpc) is 3.20. The molecule has 0 radical (unpaired) electrons. The molecule has 2 aromatic carbocycles. The summed E-state index contributed by atoms with van der Waals surface area (Å²) in [7, 11) is 0. The SMILES string of the molecule is CC[C@@H](C)N(Cc1csc(COc2cc(C)cc(C)c2C)n1)C(=O)c1ccc(Cl)cc1. The number of hydrogen-bond acceptors (Lipinski definition) is 4. The zero-order valence-corrected chi connectivity index (χ0v) is 20.3. The van der Waals surface area contributed by atoms with E-state index in [4.69, 9.17) is 21.3 Å². The van der Waals surface area contributed by atoms with Gasteiger partial charge in [0, 0.05) is 22.0 Å². The lowest BCUT2D eigenvalue weighted by Crippen LogP contribution is -2.37. The fraction of sp³-hybridized carbons (Fsp3) is 0.360. The molecule has 0 aliphatic heterocycles. The van der Waals surface area contributed by atoms with E-state index < -0.39 is 0 Å². The summed E-state index contributed by atoms with van der Waals surface area (Å²) in [5.41, 5.74) is 5.07. The number of benzene rings is 2. The van der Waals surface area contributed by atoms with Crippen molar-refractivity contribution in [2.24, 2.45) is 0 Å². The number of rotatable bonds is 8. The quantitative estimate of drug-likeness (QED) is 0.376. The molecule has 3 rings (SSSR count). The monoisotopic (exact) mass is 456 g/mol. The maximum atomic E-state index is 13.1. The largest absolute Gasteiger partial charge is 0.486 e. The van der Waals surface area contributed by atoms with Gasteiger partial charge < -0.3 is 9.64 Å². The molecule has 164 valence electrons. The molecule has 0 bridgehead atoms. The fourth-order valence-corrected chi connectivity index (χ4v) is 4.18. The second-order valence-corrected chi connectivity index (χ2v) is 9.30. The van der Waals surface area contributed by atoms with Crippen molar-refractivity contribution in [3.63, 3.8) is 0 Å². The van der Waals surface area contributed by atoms with Gasteiger partial charge in [0.05, 0.1) is 12.2 Å². The third-order valence-electron chi connectivity index (χ3n) is 5.52. The standard InChI is InChI=1S/C25H29ClN2O2S/c1-6-18(4)28(25(29)20-7-9-21(26)10-8-20)13-22-15-31-24(27-22)14-30-23-12-16(2)11-17(3)19(23)5/h7-12,15,18H,6,13-14H2,1-5H3/t18-/m1/s1. The molecule has 0 aliphatic rings. The van der Waals surface area contributed by atoms with Gasteiger partial charge in [0.2, 0.25) is 0 Å². The van der Waals surface area contributed by atoms with Crippen LogP contribution >= 0.6 is 22.9 Å². The van der Waals surface area contributed by atoms with Crippen LogP contribution in [-0.2, 0) is 13.2 Å². The predicted molar refractivity (Wildman–Crippen MR) is 128 cm³/mol. The second-order valence-electron chi connectivity index (χ2n) is 7.92. The van der Waals surface area contributed by atoms with Crippen molar-refractivity contribution >= 4 is 28.8 Å². The van der Waals surface area contributed by atoms with Gasteiger partial charge in [0.1, 0.15) is 17.4 Å². The molecule has 1 heterocycles. The van der Waals surface area contributed by atoms with Crippen molar-refractivity contribution in [3.8, 4) is 5.75 Å². The minimum Gasteiger partial charge on any atom is -0.486 e. The Morgan fingerprint density at radius 2 is 1.90 bits per heavy atom. The number of nitrogens with zero attached hydrogens (tertiary/aromatic N) is 2. The number of hydrogen-bond donors (Lipinski definition) is 0. The first kappa shape index (κ1) is 23.3. The van der Waals surface area contributed by atoms with E-state index in [-0.39, 0.29) is 11.9 Å². The summed E-state index contributed by atoms with van der Waals surface area (Å²) >= 11 is 7.54. The Morgan fingerprint density at radius 1 is 1.19 bits per heavy atom. The molecule has 0 unspecified atom stereocenters. The van der Waals surface area contributed by atoms with Crippen LogP contribution in [0.15, 0.2) is 41.8 Å². The molecule has 3 aromatic rings. The molecule has 0 fully saturated rings. The molecular formula is C25H29ClN2O2S. The first-order chi connectivity index (χ1) is 14.8. The Kier molecular flexibility index (Phi) is 7.74. The lowest BCUT2D eigenvalue weighted by Gasteiger charge is -2.28. The third-order valence-corrected chi connectivity index (χ3v) is 6.64. The molecule has 1 amide bonds. The third kappa shape index (κ3) is 5.86. The Bertz CT molecular complexity index is 1050. The minimum absolute atomic E-state index is 0.0114. The van der Waals surface area contributed by atoms with E-state index in [2.05, 4.69) is 46.8 Å². The number of carbonyl (C=O) groups is 1. The maximum absolute atomic E-state index is 13.1. The van der Waals surface area contributed by atoms with Gasteiger partial charge in [-0.25, -0.2) is 4.98 Å². The number of aromatic nitrogens is 1. The van der Waals surface area contributed by atoms with Gasteiger partial charge >= 0.3 is 0 Å². The van der Waals surface area contributed by atoms with Crippen molar-refractivity contribution < 1.29 is 9.53 Å². The zero-order valence-electron chi connectivity index (χ0n) is 18.7. The molecule has 1 atom stereocenters. The molecule has 0 spiro atoms. The molecule has 4 nitrogen and oxygen atoms in total. The molecule has 31 heavy (non-hydrogen) atoms. The highest BCUT2D eigenvalue weighted by Crippen LogP contribution is 2.25. The maximum Gasteiger partial charge on any atom is 0.254 e. The number of halogens is 1. The van der Waals surface area contributed by atoms with Crippen LogP contribution in [0.25, 0.3) is 0 Å². The van der Waals surface area contributed by atoms with Gasteiger partial charge in [0.15, 0.2) is 0 Å². The minimum atomic E-state index is -0.0114. The van der Waals surface area contributed by atoms with E-state index >= 15 is 0 Å². The fourth-order valence-electron chi connectivity index (χ4n) is 3.36. The average molecular weight is 457 g/mol. The number of amides is 1. The summed E-state index contributed by atoms with van der Waals surface area (Å²) in [5, 5.41) is 3.53. The Morgan fingerprint density at radius 3 is 2.58 bits per heavy atom. The zero-order chi connectivity index (χ0) is 22.5. The highest BCUT2D eigenvalue weighted by molar-refractivity contribution is 7.09. The topological polar surface area (TPSA) is 42.4 Å². The van der Waals surface area contributed by atoms with E-state index in [1.165, 1.54) is 11.1 Å². The van der Waals surface area contributed by atoms with Crippen LogP contribution in [0.5, 0.6) is 5.75 Å². The summed E-state index contributed by atoms with van der Waals surface area (Å²) in [5.74, 6) is 0.885. The second kappa shape index (κ2) is 10.3. The Hall–Kier alpha value is -2.37. The van der Waals surface area contributed by atoms with Crippen LogP contribution in [0.1, 0.15) is 58.0 Å². The van der Waals surface area contributed by atoms with Crippen molar-refractivity contribution in [2.75, 3.05) is 0 Å². The summed E-state index contributed by atoms with van der Waals surface area (Å²) < 4.78 is 6.05. The van der Waals surface area contributed by atoms with Gasteiger partial charge in [-0.2, -0.15) is 0 Å². The number of ether oxygens (including phenoxy) is 1. The van der Waals surface area contributed by atoms with Crippen LogP contribution in [0.4, 0.5) is 0 Å². The van der Waals surface area contributed by atoms with Gasteiger partial charge in [-0.05, 0) is 81.1 Å². The van der Waals surface area contributed by atoms with Crippen molar-refractivity contribution in [1.82, 2.24) is 9.88 Å². The Balaban J connectivity index is 1.71. The number of aryl methyl sites for hydroxylation is 2. The summed E-state index contributed by atoms with van der Waals surface area (Å²) in [6.45, 7) is 11.3. The highest BCUT2D eigenvalue weighted by Gasteiger charge is 2.22. The number of thiazole rings is 1. The normalized spacial score (nSPS) is 11.9. The van der Waals surface area contributed by atoms with Gasteiger partial charge in [-0.3, -0.25) is 4.79 Å². The van der Waals surface area contributed by atoms with E-state index in [0.717, 1.165) is 28.4 Å². The molecule has 0 N–H and O–H groups in total. The van der Waals surface area contributed by atoms with Gasteiger partial charge in [-0.1, -0.05) is 24.6 Å². The first-order valence-corrected chi connectivity index (χ1v) is 11.7. The van der Waals surface area contributed by atoms with Crippen LogP contribution in [0, 0.1) is 20.8 Å². The number of carbonyl (C=O) groups excluding carboxylic acids is 1. The Labute approximate surface area is 193 Å². The van der Waals surface area contributed by atoms with Crippen LogP contribution in [0.2, 0.25) is 5.02 Å². The van der Waals surface area contributed by atoms with Crippen molar-refractivity contribution in [3.05, 3.63) is 79.8 Å². The summed E-state index contributed by atoms with van der Waals surface area (Å²) in [4.78, 5) is 19.7. The molecule has 0 aliphatic carbocycles. The van der Waals surface area contributed by atoms with Gasteiger partial charge in [-0.15, -0.1) is 11.3 Å². The van der Waals surface area contributed by atoms with Gasteiger partial charge in [0.25, 0.3) is 5.91 Å². The summed E-state index contributed by atoms with van der Waals surface area (Å²) in [6.07, 6.45) is 0.866. The molecule has 0 saturated heterocycles. The highest BCUT2D eigenvalue weighted by atomic mass is 35.5. The van der Waals surface area contributed by atoms with Crippen LogP contribution < -0.4 is 4.74 Å². The van der Waals surface area contributed by atoms with E-state index in [1.54, 1.807) is 35.6 Å². The van der Waals surface area contributed by atoms with Crippen LogP contribution in [-0.4, -0.2) is 21.8 Å². The van der Waals surface area contributed by atoms with E-state index in [1.807, 2.05) is 10.3 Å². The van der Waals surface area contributed by atoms with E-state index in [0.29, 0.717) is 23.7 Å². The van der Waals surface area contributed by atoms with Crippen LogP contribution in [0.3, 0.4) is 0 Å². The lowest BCUT2D eigenvalue weighted by molar-refractivity contribution is 0.0669. The van der Waals surface area contributed by atoms with Crippen molar-refractivity contribution in [2.45, 2.75) is 60.2 Å². The van der Waals surface area contributed by atoms with E-state index in [9.17, 15) is 4.79 Å². The first-order valence-electron chi connectivity index (χ1n) is 10.5. The van der Waals surface area contributed by atoms with Crippen molar-refractivity contribution in [1.29, 1.82) is 0 Å². The molecule has 6 heteroatoms. The molecular weight excluding hydrogens is 428 g/mol. The molecule has 1 aromatic heterocycles.